The molecule has 0 aliphatic heterocycles. The van der Waals surface area contributed by atoms with Crippen LogP contribution in [0.25, 0.3) is 0 Å². The van der Waals surface area contributed by atoms with E-state index >= 15 is 0 Å². The molecule has 0 amide bonds. The van der Waals surface area contributed by atoms with Gasteiger partial charge in [-0.15, -0.1) is 0 Å². The van der Waals surface area contributed by atoms with Gasteiger partial charge in [-0.1, -0.05) is 0 Å². The van der Waals surface area contributed by atoms with Crippen molar-refractivity contribution in [3.05, 3.63) is 28.3 Å². The third-order valence-electron chi connectivity index (χ3n) is 1.91. The number of hydrogen-bond donors (Lipinski definition) is 2. The molecule has 0 aliphatic rings. The Hall–Kier alpha value is -1.47. The highest BCUT2D eigenvalue weighted by atomic mass is 32.2. The highest BCUT2D eigenvalue weighted by Gasteiger charge is 2.13. The van der Waals surface area contributed by atoms with Crippen LogP contribution in [0, 0.1) is 0 Å². The van der Waals surface area contributed by atoms with Crippen LogP contribution in [-0.4, -0.2) is 30.0 Å². The summed E-state index contributed by atoms with van der Waals surface area (Å²) in [5.74, 6) is 0.252. The summed E-state index contributed by atoms with van der Waals surface area (Å²) in [7, 11) is 1.27. The Labute approximate surface area is 102 Å². The average molecular weight is 259 g/mol. The van der Waals surface area contributed by atoms with Gasteiger partial charge in [-0.25, -0.2) is 0 Å². The van der Waals surface area contributed by atoms with Crippen LogP contribution in [0.1, 0.15) is 5.76 Å². The second-order valence-corrected chi connectivity index (χ2v) is 4.27. The van der Waals surface area contributed by atoms with Crippen molar-refractivity contribution in [1.82, 2.24) is 0 Å². The van der Waals surface area contributed by atoms with Crippen LogP contribution in [0.5, 0.6) is 5.75 Å². The Morgan fingerprint density at radius 2 is 2.41 bits per heavy atom. The van der Waals surface area contributed by atoms with Gasteiger partial charge in [-0.3, -0.25) is 9.59 Å². The minimum Gasteiger partial charge on any atom is -0.502 e. The molecule has 1 rings (SSSR count). The van der Waals surface area contributed by atoms with Gasteiger partial charge in [-0.05, 0) is 0 Å². The van der Waals surface area contributed by atoms with Gasteiger partial charge >= 0.3 is 5.97 Å². The standard InChI is InChI=1S/C10H13NO5S/c1-15-10(14)7(11)5-17-4-6-2-8(12)9(13)3-16-6/h2-3,7,13H,4-5,11H2,1H3. The molecular formula is C10H13NO5S. The summed E-state index contributed by atoms with van der Waals surface area (Å²) >= 11 is 1.33. The molecule has 3 N–H and O–H groups in total. The molecule has 0 aromatic carbocycles. The highest BCUT2D eigenvalue weighted by molar-refractivity contribution is 7.98. The summed E-state index contributed by atoms with van der Waals surface area (Å²) < 4.78 is 9.45. The minimum atomic E-state index is -0.700. The number of hydrogen-bond acceptors (Lipinski definition) is 7. The van der Waals surface area contributed by atoms with Gasteiger partial charge in [0.05, 0.1) is 12.9 Å². The highest BCUT2D eigenvalue weighted by Crippen LogP contribution is 2.13. The molecular weight excluding hydrogens is 246 g/mol. The van der Waals surface area contributed by atoms with Crippen LogP contribution in [0.3, 0.4) is 0 Å². The first-order chi connectivity index (χ1) is 8.04. The molecule has 0 spiro atoms. The molecule has 94 valence electrons. The van der Waals surface area contributed by atoms with Crippen molar-refractivity contribution in [2.45, 2.75) is 11.8 Å². The summed E-state index contributed by atoms with van der Waals surface area (Å²) in [6, 6.07) is 0.500. The van der Waals surface area contributed by atoms with E-state index in [2.05, 4.69) is 4.74 Å². The Morgan fingerprint density at radius 3 is 3.00 bits per heavy atom. The van der Waals surface area contributed by atoms with Gasteiger partial charge in [-0.2, -0.15) is 11.8 Å². The van der Waals surface area contributed by atoms with E-state index in [9.17, 15) is 9.59 Å². The zero-order valence-corrected chi connectivity index (χ0v) is 10.0. The van der Waals surface area contributed by atoms with Crippen molar-refractivity contribution in [2.75, 3.05) is 12.9 Å². The van der Waals surface area contributed by atoms with Crippen LogP contribution in [0.15, 0.2) is 21.5 Å². The number of ether oxygens (including phenoxy) is 1. The molecule has 0 radical (unpaired) electrons. The van der Waals surface area contributed by atoms with E-state index in [-0.39, 0.29) is 0 Å². The largest absolute Gasteiger partial charge is 0.502 e. The lowest BCUT2D eigenvalue weighted by atomic mass is 10.4. The molecule has 1 aromatic rings. The van der Waals surface area contributed by atoms with Gasteiger partial charge in [0.1, 0.15) is 18.1 Å². The molecule has 7 heteroatoms. The number of thioether (sulfide) groups is 1. The Balaban J connectivity index is 2.43. The molecule has 1 unspecified atom stereocenters. The fraction of sp³-hybridized carbons (Fsp3) is 0.400. The summed E-state index contributed by atoms with van der Waals surface area (Å²) in [5, 5.41) is 8.97. The van der Waals surface area contributed by atoms with Crippen molar-refractivity contribution in [1.29, 1.82) is 0 Å². The topological polar surface area (TPSA) is 103 Å². The van der Waals surface area contributed by atoms with Crippen LogP contribution in [-0.2, 0) is 15.3 Å². The van der Waals surface area contributed by atoms with E-state index in [1.165, 1.54) is 24.9 Å². The van der Waals surface area contributed by atoms with E-state index < -0.39 is 23.2 Å². The molecule has 1 aromatic heterocycles. The smallest absolute Gasteiger partial charge is 0.323 e. The fourth-order valence-corrected chi connectivity index (χ4v) is 1.89. The summed E-state index contributed by atoms with van der Waals surface area (Å²) in [6.07, 6.45) is 0.985. The van der Waals surface area contributed by atoms with E-state index in [1.54, 1.807) is 0 Å². The first kappa shape index (κ1) is 13.6. The van der Waals surface area contributed by atoms with Gasteiger partial charge in [0, 0.05) is 11.8 Å². The van der Waals surface area contributed by atoms with Crippen LogP contribution >= 0.6 is 11.8 Å². The number of aromatic hydroxyl groups is 1. The molecule has 0 bridgehead atoms. The second-order valence-electron chi connectivity index (χ2n) is 3.24. The van der Waals surface area contributed by atoms with Crippen molar-refractivity contribution in [3.8, 4) is 5.75 Å². The number of nitrogens with two attached hydrogens (primary N) is 1. The normalized spacial score (nSPS) is 12.1. The SMILES string of the molecule is COC(=O)C(N)CSCc1cc(=O)c(O)co1. The van der Waals surface area contributed by atoms with Crippen LogP contribution in [0.2, 0.25) is 0 Å². The zero-order chi connectivity index (χ0) is 12.8. The molecule has 0 aliphatic carbocycles. The molecule has 17 heavy (non-hydrogen) atoms. The predicted octanol–water partition coefficient (Wildman–Crippen LogP) is 0.0789. The van der Waals surface area contributed by atoms with E-state index in [1.807, 2.05) is 0 Å². The van der Waals surface area contributed by atoms with E-state index in [0.717, 1.165) is 6.26 Å². The second kappa shape index (κ2) is 6.31. The van der Waals surface area contributed by atoms with Gasteiger partial charge < -0.3 is 20.0 Å². The van der Waals surface area contributed by atoms with Crippen molar-refractivity contribution in [2.24, 2.45) is 5.73 Å². The third-order valence-corrected chi connectivity index (χ3v) is 3.00. The van der Waals surface area contributed by atoms with E-state index in [0.29, 0.717) is 17.3 Å². The number of carbonyl (C=O) groups excluding carboxylic acids is 1. The fourth-order valence-electron chi connectivity index (χ4n) is 1.03. The summed E-state index contributed by atoms with van der Waals surface area (Å²) in [4.78, 5) is 22.1. The molecule has 0 saturated heterocycles. The Bertz CT molecular complexity index is 445. The predicted molar refractivity (Wildman–Crippen MR) is 62.8 cm³/mol. The van der Waals surface area contributed by atoms with E-state index in [4.69, 9.17) is 15.3 Å². The van der Waals surface area contributed by atoms with Gasteiger partial charge in [0.15, 0.2) is 5.75 Å². The third kappa shape index (κ3) is 4.12. The maximum Gasteiger partial charge on any atom is 0.323 e. The first-order valence-electron chi connectivity index (χ1n) is 4.76. The van der Waals surface area contributed by atoms with Crippen LogP contribution in [0.4, 0.5) is 0 Å². The maximum absolute atomic E-state index is 11.1. The van der Waals surface area contributed by atoms with Crippen molar-refractivity contribution >= 4 is 17.7 Å². The quantitative estimate of drug-likeness (QED) is 0.722. The lowest BCUT2D eigenvalue weighted by molar-refractivity contribution is -0.141. The van der Waals surface area contributed by atoms with Crippen molar-refractivity contribution < 1.29 is 19.1 Å². The summed E-state index contributed by atoms with van der Waals surface area (Å²) in [6.45, 7) is 0. The summed E-state index contributed by atoms with van der Waals surface area (Å²) in [5.41, 5.74) is 5.02. The first-order valence-corrected chi connectivity index (χ1v) is 5.92. The Kier molecular flexibility index (Phi) is 5.05. The monoisotopic (exact) mass is 259 g/mol. The number of rotatable bonds is 5. The molecule has 1 heterocycles. The van der Waals surface area contributed by atoms with Crippen molar-refractivity contribution in [3.63, 3.8) is 0 Å². The minimum absolute atomic E-state index is 0.358. The molecule has 1 atom stereocenters. The van der Waals surface area contributed by atoms with Gasteiger partial charge in [0.2, 0.25) is 5.43 Å². The lowest BCUT2D eigenvalue weighted by Crippen LogP contribution is -2.33. The van der Waals surface area contributed by atoms with Gasteiger partial charge in [0.25, 0.3) is 0 Å². The lowest BCUT2D eigenvalue weighted by Gasteiger charge is -2.07. The van der Waals surface area contributed by atoms with Crippen LogP contribution < -0.4 is 11.2 Å². The molecule has 0 saturated carbocycles. The number of methoxy groups -OCH3 is 1. The maximum atomic E-state index is 11.1. The number of esters is 1. The Morgan fingerprint density at radius 1 is 1.71 bits per heavy atom. The zero-order valence-electron chi connectivity index (χ0n) is 9.21. The molecule has 0 fully saturated rings. The average Bonchev–Trinajstić information content (AvgIpc) is 2.32. The molecule has 6 nitrogen and oxygen atoms in total. The number of carbonyl (C=O) groups is 1.